The van der Waals surface area contributed by atoms with Crippen molar-refractivity contribution in [2.45, 2.75) is 32.1 Å². The molecule has 3 aromatic rings. The molecule has 0 saturated heterocycles. The number of nitrogens with zero attached hydrogens (tertiary/aromatic N) is 4. The van der Waals surface area contributed by atoms with Crippen LogP contribution >= 0.6 is 0 Å². The summed E-state index contributed by atoms with van der Waals surface area (Å²) in [5, 5.41) is 10.7. The Morgan fingerprint density at radius 3 is 2.96 bits per heavy atom. The van der Waals surface area contributed by atoms with Gasteiger partial charge in [-0.05, 0) is 31.4 Å². The number of fused-ring (bicyclic) bond motifs is 1. The van der Waals surface area contributed by atoms with E-state index in [1.165, 1.54) is 0 Å². The van der Waals surface area contributed by atoms with Gasteiger partial charge in [-0.25, -0.2) is 0 Å². The van der Waals surface area contributed by atoms with Gasteiger partial charge in [-0.1, -0.05) is 16.4 Å². The molecule has 3 aromatic heterocycles. The van der Waals surface area contributed by atoms with Crippen LogP contribution in [0, 0.1) is 0 Å². The highest BCUT2D eigenvalue weighted by Gasteiger charge is 2.23. The van der Waals surface area contributed by atoms with E-state index in [9.17, 15) is 4.79 Å². The van der Waals surface area contributed by atoms with Crippen molar-refractivity contribution in [3.05, 3.63) is 47.3 Å². The maximum Gasteiger partial charge on any atom is 0.273 e. The Bertz CT molecular complexity index is 872. The third kappa shape index (κ3) is 3.28. The highest BCUT2D eigenvalue weighted by Crippen LogP contribution is 2.24. The molecule has 8 heteroatoms. The number of aryl methyl sites for hydroxylation is 1. The molecule has 0 aliphatic heterocycles. The Morgan fingerprint density at radius 1 is 1.16 bits per heavy atom. The van der Waals surface area contributed by atoms with Gasteiger partial charge in [0, 0.05) is 31.1 Å². The lowest BCUT2D eigenvalue weighted by Gasteiger charge is -2.08. The third-order valence-electron chi connectivity index (χ3n) is 4.15. The Hall–Kier alpha value is -3.03. The van der Waals surface area contributed by atoms with Crippen LogP contribution in [0.4, 0.5) is 0 Å². The summed E-state index contributed by atoms with van der Waals surface area (Å²) in [6.07, 6.45) is 5.95. The summed E-state index contributed by atoms with van der Waals surface area (Å²) in [7, 11) is 0. The molecular weight excluding hydrogens is 322 g/mol. The molecule has 25 heavy (non-hydrogen) atoms. The second-order valence-electron chi connectivity index (χ2n) is 5.87. The smallest absolute Gasteiger partial charge is 0.273 e. The molecule has 0 fully saturated rings. The van der Waals surface area contributed by atoms with Gasteiger partial charge in [0.05, 0.1) is 0 Å². The maximum absolute atomic E-state index is 12.3. The number of carbonyl (C=O) groups excluding carboxylic acids is 1. The van der Waals surface area contributed by atoms with Gasteiger partial charge >= 0.3 is 0 Å². The van der Waals surface area contributed by atoms with Crippen molar-refractivity contribution in [1.29, 1.82) is 0 Å². The molecule has 1 aliphatic carbocycles. The Labute approximate surface area is 143 Å². The average Bonchev–Trinajstić information content (AvgIpc) is 3.29. The molecular formula is C17H17N5O3. The van der Waals surface area contributed by atoms with Crippen LogP contribution in [0.5, 0.6) is 0 Å². The van der Waals surface area contributed by atoms with Gasteiger partial charge in [0.25, 0.3) is 5.91 Å². The van der Waals surface area contributed by atoms with Crippen LogP contribution in [0.1, 0.15) is 40.5 Å². The molecule has 4 rings (SSSR count). The van der Waals surface area contributed by atoms with Crippen LogP contribution in [0.3, 0.4) is 0 Å². The van der Waals surface area contributed by atoms with E-state index in [2.05, 4.69) is 25.6 Å². The Morgan fingerprint density at radius 2 is 2.08 bits per heavy atom. The summed E-state index contributed by atoms with van der Waals surface area (Å²) >= 11 is 0. The van der Waals surface area contributed by atoms with Crippen molar-refractivity contribution < 1.29 is 13.8 Å². The van der Waals surface area contributed by atoms with E-state index in [0.29, 0.717) is 36.1 Å². The number of aromatic nitrogens is 4. The average molecular weight is 339 g/mol. The molecule has 128 valence electrons. The quantitative estimate of drug-likeness (QED) is 0.757. The number of hydrogen-bond donors (Lipinski definition) is 1. The van der Waals surface area contributed by atoms with Crippen molar-refractivity contribution in [3.63, 3.8) is 0 Å². The molecule has 3 heterocycles. The molecule has 0 bridgehead atoms. The van der Waals surface area contributed by atoms with E-state index in [-0.39, 0.29) is 5.91 Å². The third-order valence-corrected chi connectivity index (χ3v) is 4.15. The van der Waals surface area contributed by atoms with Gasteiger partial charge < -0.3 is 14.4 Å². The molecule has 8 nitrogen and oxygen atoms in total. The fourth-order valence-corrected chi connectivity index (χ4v) is 2.89. The SMILES string of the molecule is O=C(NCCc1nc(-c2ccccn2)no1)c1noc2c1CCCC2. The van der Waals surface area contributed by atoms with Gasteiger partial charge in [-0.2, -0.15) is 4.98 Å². The number of nitrogens with one attached hydrogen (secondary N) is 1. The second kappa shape index (κ2) is 6.84. The standard InChI is InChI=1S/C17H17N5O3/c23-17(15-11-5-1-2-7-13(11)24-21-15)19-10-8-14-20-16(22-25-14)12-6-3-4-9-18-12/h3-4,6,9H,1-2,5,7-8,10H2,(H,19,23). The highest BCUT2D eigenvalue weighted by molar-refractivity contribution is 5.93. The fourth-order valence-electron chi connectivity index (χ4n) is 2.89. The van der Waals surface area contributed by atoms with E-state index in [4.69, 9.17) is 9.05 Å². The van der Waals surface area contributed by atoms with Crippen molar-refractivity contribution >= 4 is 5.91 Å². The molecule has 0 radical (unpaired) electrons. The van der Waals surface area contributed by atoms with Gasteiger partial charge in [0.2, 0.25) is 11.7 Å². The molecule has 0 unspecified atom stereocenters. The molecule has 0 atom stereocenters. The minimum Gasteiger partial charge on any atom is -0.360 e. The maximum atomic E-state index is 12.3. The molecule has 1 aliphatic rings. The lowest BCUT2D eigenvalue weighted by molar-refractivity contribution is 0.0943. The van der Waals surface area contributed by atoms with Crippen LogP contribution in [-0.2, 0) is 19.3 Å². The van der Waals surface area contributed by atoms with Gasteiger partial charge in [-0.15, -0.1) is 0 Å². The van der Waals surface area contributed by atoms with E-state index in [1.54, 1.807) is 6.20 Å². The number of carbonyl (C=O) groups is 1. The zero-order valence-corrected chi connectivity index (χ0v) is 13.6. The lowest BCUT2D eigenvalue weighted by Crippen LogP contribution is -2.27. The van der Waals surface area contributed by atoms with Crippen LogP contribution in [0.15, 0.2) is 33.4 Å². The monoisotopic (exact) mass is 339 g/mol. The molecule has 0 aromatic carbocycles. The van der Waals surface area contributed by atoms with Crippen LogP contribution in [-0.4, -0.2) is 32.7 Å². The first kappa shape index (κ1) is 15.5. The zero-order valence-electron chi connectivity index (χ0n) is 13.6. The Balaban J connectivity index is 1.34. The number of pyridine rings is 1. The van der Waals surface area contributed by atoms with E-state index in [1.807, 2.05) is 18.2 Å². The Kier molecular flexibility index (Phi) is 4.24. The molecule has 1 amide bonds. The normalized spacial score (nSPS) is 13.4. The van der Waals surface area contributed by atoms with Crippen LogP contribution in [0.25, 0.3) is 11.5 Å². The summed E-state index contributed by atoms with van der Waals surface area (Å²) in [5.74, 6) is 1.50. The minimum absolute atomic E-state index is 0.226. The first-order chi connectivity index (χ1) is 12.3. The van der Waals surface area contributed by atoms with Crippen molar-refractivity contribution in [1.82, 2.24) is 25.6 Å². The summed E-state index contributed by atoms with van der Waals surface area (Å²) < 4.78 is 10.5. The van der Waals surface area contributed by atoms with E-state index >= 15 is 0 Å². The van der Waals surface area contributed by atoms with Gasteiger partial charge in [0.15, 0.2) is 5.69 Å². The number of hydrogen-bond acceptors (Lipinski definition) is 7. The summed E-state index contributed by atoms with van der Waals surface area (Å²) in [6, 6.07) is 5.49. The lowest BCUT2D eigenvalue weighted by atomic mass is 9.96. The van der Waals surface area contributed by atoms with Crippen molar-refractivity contribution in [2.24, 2.45) is 0 Å². The topological polar surface area (TPSA) is 107 Å². The summed E-state index contributed by atoms with van der Waals surface area (Å²) in [5.41, 5.74) is 1.99. The first-order valence-electron chi connectivity index (χ1n) is 8.31. The minimum atomic E-state index is -0.226. The summed E-state index contributed by atoms with van der Waals surface area (Å²) in [4.78, 5) is 20.7. The number of rotatable bonds is 5. The fraction of sp³-hybridized carbons (Fsp3) is 0.353. The van der Waals surface area contributed by atoms with E-state index < -0.39 is 0 Å². The van der Waals surface area contributed by atoms with Gasteiger partial charge in [0.1, 0.15) is 11.5 Å². The summed E-state index contributed by atoms with van der Waals surface area (Å²) in [6.45, 7) is 0.379. The predicted molar refractivity (Wildman–Crippen MR) is 86.7 cm³/mol. The largest absolute Gasteiger partial charge is 0.360 e. The number of amides is 1. The molecule has 0 spiro atoms. The van der Waals surface area contributed by atoms with Crippen LogP contribution < -0.4 is 5.32 Å². The van der Waals surface area contributed by atoms with Crippen molar-refractivity contribution in [3.8, 4) is 11.5 Å². The molecule has 0 saturated carbocycles. The first-order valence-corrected chi connectivity index (χ1v) is 8.31. The van der Waals surface area contributed by atoms with E-state index in [0.717, 1.165) is 37.0 Å². The van der Waals surface area contributed by atoms with Gasteiger partial charge in [-0.3, -0.25) is 9.78 Å². The van der Waals surface area contributed by atoms with Crippen molar-refractivity contribution in [2.75, 3.05) is 6.54 Å². The van der Waals surface area contributed by atoms with Crippen LogP contribution in [0.2, 0.25) is 0 Å². The molecule has 1 N–H and O–H groups in total. The highest BCUT2D eigenvalue weighted by atomic mass is 16.5. The second-order valence-corrected chi connectivity index (χ2v) is 5.87. The zero-order chi connectivity index (χ0) is 17.1. The predicted octanol–water partition coefficient (Wildman–Crippen LogP) is 1.97.